The Balaban J connectivity index is 2.91. The number of hydrogen-bond acceptors (Lipinski definition) is 3. The molecule has 20 heavy (non-hydrogen) atoms. The Morgan fingerprint density at radius 2 is 2.10 bits per heavy atom. The van der Waals surface area contributed by atoms with Crippen molar-refractivity contribution in [2.45, 2.75) is 25.3 Å². The van der Waals surface area contributed by atoms with Crippen LogP contribution in [0, 0.1) is 5.82 Å². The highest BCUT2D eigenvalue weighted by Crippen LogP contribution is 2.24. The van der Waals surface area contributed by atoms with Crippen molar-refractivity contribution in [3.8, 4) is 0 Å². The average molecular weight is 283 g/mol. The van der Waals surface area contributed by atoms with Crippen LogP contribution >= 0.6 is 0 Å². The molecule has 1 amide bonds. The number of rotatable bonds is 6. The summed E-state index contributed by atoms with van der Waals surface area (Å²) in [4.78, 5) is 23.2. The number of benzene rings is 1. The molecule has 0 aliphatic carbocycles. The Morgan fingerprint density at radius 1 is 1.45 bits per heavy atom. The molecule has 0 bridgehead atoms. The molecular formula is C14H18FNO4. The standard InChI is InChI=1S/C14H18FNO4/c1-14(2,9-5-4-6-10(15)7-9)13(19)16-11(8-20-3)12(17)18/h4-7,11H,8H2,1-3H3,(H,16,19)(H,17,18). The first kappa shape index (κ1) is 16.1. The fourth-order valence-corrected chi connectivity index (χ4v) is 1.69. The molecule has 1 unspecified atom stereocenters. The van der Waals surface area contributed by atoms with Crippen molar-refractivity contribution in [1.82, 2.24) is 5.32 Å². The molecule has 0 aliphatic rings. The maximum Gasteiger partial charge on any atom is 0.328 e. The zero-order valence-corrected chi connectivity index (χ0v) is 11.6. The van der Waals surface area contributed by atoms with E-state index in [0.717, 1.165) is 0 Å². The van der Waals surface area contributed by atoms with E-state index >= 15 is 0 Å². The van der Waals surface area contributed by atoms with Crippen LogP contribution in [0.25, 0.3) is 0 Å². The number of nitrogens with one attached hydrogen (secondary N) is 1. The first-order valence-corrected chi connectivity index (χ1v) is 6.07. The Hall–Kier alpha value is -1.95. The van der Waals surface area contributed by atoms with Gasteiger partial charge in [-0.25, -0.2) is 9.18 Å². The normalized spacial score (nSPS) is 12.8. The van der Waals surface area contributed by atoms with Gasteiger partial charge in [0.15, 0.2) is 6.04 Å². The molecule has 0 aromatic heterocycles. The maximum absolute atomic E-state index is 13.2. The number of amides is 1. The fourth-order valence-electron chi connectivity index (χ4n) is 1.69. The van der Waals surface area contributed by atoms with Gasteiger partial charge in [-0.3, -0.25) is 4.79 Å². The number of carbonyl (C=O) groups excluding carboxylic acids is 1. The van der Waals surface area contributed by atoms with Crippen molar-refractivity contribution >= 4 is 11.9 Å². The van der Waals surface area contributed by atoms with Crippen molar-refractivity contribution < 1.29 is 23.8 Å². The summed E-state index contributed by atoms with van der Waals surface area (Å²) in [5.74, 6) is -2.14. The Morgan fingerprint density at radius 3 is 2.60 bits per heavy atom. The van der Waals surface area contributed by atoms with E-state index in [0.29, 0.717) is 5.56 Å². The number of carboxylic acids is 1. The lowest BCUT2D eigenvalue weighted by Crippen LogP contribution is -2.50. The molecule has 0 saturated heterocycles. The summed E-state index contributed by atoms with van der Waals surface area (Å²) in [7, 11) is 1.35. The molecule has 0 spiro atoms. The summed E-state index contributed by atoms with van der Waals surface area (Å²) < 4.78 is 18.0. The molecule has 1 rings (SSSR count). The largest absolute Gasteiger partial charge is 0.480 e. The fraction of sp³-hybridized carbons (Fsp3) is 0.429. The van der Waals surface area contributed by atoms with Gasteiger partial charge in [0.1, 0.15) is 5.82 Å². The van der Waals surface area contributed by atoms with Gasteiger partial charge < -0.3 is 15.2 Å². The minimum absolute atomic E-state index is 0.139. The molecule has 5 nitrogen and oxygen atoms in total. The Labute approximate surface area is 116 Å². The molecule has 0 heterocycles. The molecule has 2 N–H and O–H groups in total. The van der Waals surface area contributed by atoms with Crippen molar-refractivity contribution in [2.75, 3.05) is 13.7 Å². The molecule has 110 valence electrons. The number of carboxylic acid groups (broad SMARTS) is 1. The molecule has 0 fully saturated rings. The van der Waals surface area contributed by atoms with E-state index in [2.05, 4.69) is 5.32 Å². The van der Waals surface area contributed by atoms with Gasteiger partial charge in [-0.1, -0.05) is 12.1 Å². The van der Waals surface area contributed by atoms with Crippen LogP contribution in [-0.2, 0) is 19.7 Å². The van der Waals surface area contributed by atoms with E-state index in [1.54, 1.807) is 19.9 Å². The van der Waals surface area contributed by atoms with E-state index in [1.165, 1.54) is 25.3 Å². The lowest BCUT2D eigenvalue weighted by molar-refractivity contribution is -0.144. The first-order valence-electron chi connectivity index (χ1n) is 6.07. The number of aliphatic carboxylic acids is 1. The molecule has 0 aliphatic heterocycles. The third kappa shape index (κ3) is 3.77. The number of halogens is 1. The second-order valence-electron chi connectivity index (χ2n) is 4.95. The van der Waals surface area contributed by atoms with Crippen molar-refractivity contribution in [1.29, 1.82) is 0 Å². The van der Waals surface area contributed by atoms with Crippen LogP contribution in [0.2, 0.25) is 0 Å². The molecule has 1 atom stereocenters. The minimum atomic E-state index is -1.18. The number of hydrogen-bond donors (Lipinski definition) is 2. The zero-order valence-electron chi connectivity index (χ0n) is 11.6. The van der Waals surface area contributed by atoms with Gasteiger partial charge >= 0.3 is 5.97 Å². The molecule has 6 heteroatoms. The summed E-state index contributed by atoms with van der Waals surface area (Å²) >= 11 is 0. The van der Waals surface area contributed by atoms with Gasteiger partial charge in [0.25, 0.3) is 0 Å². The van der Waals surface area contributed by atoms with Gasteiger partial charge in [-0.15, -0.1) is 0 Å². The molecule has 1 aromatic rings. The highest BCUT2D eigenvalue weighted by atomic mass is 19.1. The minimum Gasteiger partial charge on any atom is -0.480 e. The molecule has 0 radical (unpaired) electrons. The topological polar surface area (TPSA) is 75.6 Å². The average Bonchev–Trinajstić information content (AvgIpc) is 2.37. The monoisotopic (exact) mass is 283 g/mol. The maximum atomic E-state index is 13.2. The third-order valence-electron chi connectivity index (χ3n) is 3.05. The van der Waals surface area contributed by atoms with E-state index in [4.69, 9.17) is 9.84 Å². The van der Waals surface area contributed by atoms with E-state index in [1.807, 2.05) is 0 Å². The first-order chi connectivity index (χ1) is 9.28. The summed E-state index contributed by atoms with van der Waals surface area (Å²) in [6.45, 7) is 3.06. The van der Waals surface area contributed by atoms with Crippen molar-refractivity contribution in [3.05, 3.63) is 35.6 Å². The summed E-state index contributed by atoms with van der Waals surface area (Å²) in [5.41, 5.74) is -0.583. The van der Waals surface area contributed by atoms with Gasteiger partial charge in [0, 0.05) is 7.11 Å². The summed E-state index contributed by atoms with van der Waals surface area (Å²) in [5, 5.41) is 11.4. The van der Waals surface area contributed by atoms with Gasteiger partial charge in [0.05, 0.1) is 12.0 Å². The van der Waals surface area contributed by atoms with Crippen LogP contribution < -0.4 is 5.32 Å². The lowest BCUT2D eigenvalue weighted by atomic mass is 9.83. The third-order valence-corrected chi connectivity index (χ3v) is 3.05. The van der Waals surface area contributed by atoms with Crippen LogP contribution in [0.15, 0.2) is 24.3 Å². The molecule has 0 saturated carbocycles. The molecular weight excluding hydrogens is 265 g/mol. The van der Waals surface area contributed by atoms with Crippen LogP contribution in [0.5, 0.6) is 0 Å². The van der Waals surface area contributed by atoms with Crippen LogP contribution in [0.1, 0.15) is 19.4 Å². The zero-order chi connectivity index (χ0) is 15.3. The molecule has 1 aromatic carbocycles. The van der Waals surface area contributed by atoms with Crippen LogP contribution in [0.4, 0.5) is 4.39 Å². The quantitative estimate of drug-likeness (QED) is 0.825. The number of carbonyl (C=O) groups is 2. The second-order valence-corrected chi connectivity index (χ2v) is 4.95. The van der Waals surface area contributed by atoms with Gasteiger partial charge in [-0.05, 0) is 31.5 Å². The smallest absolute Gasteiger partial charge is 0.328 e. The van der Waals surface area contributed by atoms with E-state index < -0.39 is 29.2 Å². The summed E-state index contributed by atoms with van der Waals surface area (Å²) in [6, 6.07) is 4.52. The SMILES string of the molecule is COCC(NC(=O)C(C)(C)c1cccc(F)c1)C(=O)O. The predicted molar refractivity (Wildman–Crippen MR) is 70.9 cm³/mol. The predicted octanol–water partition coefficient (Wildman–Crippen LogP) is 1.32. The van der Waals surface area contributed by atoms with E-state index in [-0.39, 0.29) is 6.61 Å². The van der Waals surface area contributed by atoms with Crippen LogP contribution in [-0.4, -0.2) is 36.7 Å². The van der Waals surface area contributed by atoms with Gasteiger partial charge in [0.2, 0.25) is 5.91 Å². The number of methoxy groups -OCH3 is 1. The highest BCUT2D eigenvalue weighted by molar-refractivity contribution is 5.90. The van der Waals surface area contributed by atoms with Crippen molar-refractivity contribution in [2.24, 2.45) is 0 Å². The lowest BCUT2D eigenvalue weighted by Gasteiger charge is -2.26. The Bertz CT molecular complexity index is 502. The van der Waals surface area contributed by atoms with Crippen molar-refractivity contribution in [3.63, 3.8) is 0 Å². The highest BCUT2D eigenvalue weighted by Gasteiger charge is 2.33. The Kier molecular flexibility index (Phi) is 5.21. The van der Waals surface area contributed by atoms with Gasteiger partial charge in [-0.2, -0.15) is 0 Å². The van der Waals surface area contributed by atoms with Crippen LogP contribution in [0.3, 0.4) is 0 Å². The number of ether oxygens (including phenoxy) is 1. The second kappa shape index (κ2) is 6.47. The summed E-state index contributed by atoms with van der Waals surface area (Å²) in [6.07, 6.45) is 0. The van der Waals surface area contributed by atoms with E-state index in [9.17, 15) is 14.0 Å².